The van der Waals surface area contributed by atoms with E-state index in [1.54, 1.807) is 18.5 Å². The van der Waals surface area contributed by atoms with E-state index in [0.717, 1.165) is 0 Å². The average Bonchev–Trinajstić information content (AvgIpc) is 1.72. The van der Waals surface area contributed by atoms with Crippen LogP contribution in [-0.4, -0.2) is 9.97 Å². The smallest absolute Gasteiger partial charge is 0.374 e. The summed E-state index contributed by atoms with van der Waals surface area (Å²) in [6, 6.07) is 1.75. The van der Waals surface area contributed by atoms with Crippen molar-refractivity contribution in [3.05, 3.63) is 24.8 Å². The van der Waals surface area contributed by atoms with E-state index in [4.69, 9.17) is 0 Å². The molecule has 1 aromatic heterocycles. The number of nitrogens with zero attached hydrogens (tertiary/aromatic N) is 2. The summed E-state index contributed by atoms with van der Waals surface area (Å²) in [5, 5.41) is 0. The minimum Gasteiger partial charge on any atom is -0.374 e. The van der Waals surface area contributed by atoms with Gasteiger partial charge in [-0.25, -0.2) is 0 Å². The van der Waals surface area contributed by atoms with Crippen LogP contribution in [0, 0.1) is 6.33 Å². The third kappa shape index (κ3) is 2.51. The monoisotopic (exact) mass is 186 g/mol. The van der Waals surface area contributed by atoms with Crippen LogP contribution in [-0.2, 0) is 22.4 Å². The van der Waals surface area contributed by atoms with Gasteiger partial charge in [-0.2, -0.15) is 0 Å². The van der Waals surface area contributed by atoms with Crippen molar-refractivity contribution in [1.29, 1.82) is 0 Å². The molecule has 0 fully saturated rings. The molecule has 0 aliphatic rings. The molecule has 3 heteroatoms. The Labute approximate surface area is 57.5 Å². The summed E-state index contributed by atoms with van der Waals surface area (Å²) >= 11 is 0. The van der Waals surface area contributed by atoms with Gasteiger partial charge >= 0.3 is 22.4 Å². The second-order valence-corrected chi connectivity index (χ2v) is 0.849. The largest absolute Gasteiger partial charge is 1.00 e. The van der Waals surface area contributed by atoms with Crippen molar-refractivity contribution in [2.45, 2.75) is 0 Å². The molecule has 2 nitrogen and oxygen atoms in total. The van der Waals surface area contributed by atoms with Crippen LogP contribution >= 0.6 is 0 Å². The van der Waals surface area contributed by atoms with Crippen LogP contribution < -0.4 is 0 Å². The Morgan fingerprint density at radius 3 is 1.86 bits per heavy atom. The summed E-state index contributed by atoms with van der Waals surface area (Å²) in [5.74, 6) is 0. The van der Waals surface area contributed by atoms with Crippen molar-refractivity contribution >= 4 is 0 Å². The molecule has 0 saturated carbocycles. The van der Waals surface area contributed by atoms with Crippen LogP contribution in [0.2, 0.25) is 0 Å². The minimum atomic E-state index is 0. The fraction of sp³-hybridized carbons (Fsp3) is 0. The molecule has 0 radical (unpaired) electrons. The molecule has 0 bridgehead atoms. The van der Waals surface area contributed by atoms with Crippen molar-refractivity contribution in [2.24, 2.45) is 0 Å². The van der Waals surface area contributed by atoms with Crippen LogP contribution in [0.25, 0.3) is 0 Å². The van der Waals surface area contributed by atoms with E-state index in [-0.39, 0.29) is 22.4 Å². The maximum absolute atomic E-state index is 3.55. The Morgan fingerprint density at radius 1 is 1.14 bits per heavy atom. The molecular weight excluding hydrogens is 184 g/mol. The average molecular weight is 187 g/mol. The summed E-state index contributed by atoms with van der Waals surface area (Å²) in [6.45, 7) is 0. The molecule has 0 spiro atoms. The van der Waals surface area contributed by atoms with Gasteiger partial charge < -0.3 is 9.97 Å². The van der Waals surface area contributed by atoms with Gasteiger partial charge in [0.05, 0.1) is 0 Å². The summed E-state index contributed by atoms with van der Waals surface area (Å²) in [7, 11) is 0. The number of hydrogen-bond acceptors (Lipinski definition) is 2. The zero-order valence-corrected chi connectivity index (χ0v) is 4.91. The number of rotatable bonds is 0. The van der Waals surface area contributed by atoms with Gasteiger partial charge in [-0.05, 0) is 0 Å². The normalized spacial score (nSPS) is 6.86. The molecule has 40 valence electrons. The maximum Gasteiger partial charge on any atom is 1.00 e. The van der Waals surface area contributed by atoms with E-state index in [0.29, 0.717) is 0 Å². The van der Waals surface area contributed by atoms with Gasteiger partial charge in [0.25, 0.3) is 0 Å². The van der Waals surface area contributed by atoms with Crippen LogP contribution in [0.4, 0.5) is 0 Å². The first-order valence-corrected chi connectivity index (χ1v) is 1.63. The van der Waals surface area contributed by atoms with Crippen LogP contribution in [0.15, 0.2) is 18.5 Å². The van der Waals surface area contributed by atoms with E-state index in [2.05, 4.69) is 16.3 Å². The van der Waals surface area contributed by atoms with Crippen LogP contribution in [0.3, 0.4) is 0 Å². The molecule has 0 unspecified atom stereocenters. The molecular formula is C4H3AgN2. The molecule has 0 amide bonds. The molecule has 7 heavy (non-hydrogen) atoms. The fourth-order valence-electron chi connectivity index (χ4n) is 0.225. The zero-order valence-electron chi connectivity index (χ0n) is 3.43. The standard InChI is InChI=1S/C4H3N2.Ag/c1-2-5-4-6-3-1;/h1-3H;/q-1;+1. The Balaban J connectivity index is 0.000000360. The zero-order chi connectivity index (χ0) is 4.24. The topological polar surface area (TPSA) is 25.8 Å². The SMILES string of the molecule is [Ag+].[c-]1ncccn1. The third-order valence-electron chi connectivity index (χ3n) is 0.437. The first-order valence-electron chi connectivity index (χ1n) is 1.63. The van der Waals surface area contributed by atoms with Gasteiger partial charge in [0.1, 0.15) is 0 Å². The van der Waals surface area contributed by atoms with Crippen LogP contribution in [0.5, 0.6) is 0 Å². The van der Waals surface area contributed by atoms with Gasteiger partial charge in [0.15, 0.2) is 0 Å². The summed E-state index contributed by atoms with van der Waals surface area (Å²) in [5.41, 5.74) is 0. The van der Waals surface area contributed by atoms with Crippen molar-refractivity contribution < 1.29 is 22.4 Å². The van der Waals surface area contributed by atoms with Crippen molar-refractivity contribution in [1.82, 2.24) is 9.97 Å². The third-order valence-corrected chi connectivity index (χ3v) is 0.437. The molecule has 1 aromatic rings. The molecule has 0 atom stereocenters. The van der Waals surface area contributed by atoms with Gasteiger partial charge in [-0.3, -0.25) is 0 Å². The fourth-order valence-corrected chi connectivity index (χ4v) is 0.225. The Hall–Kier alpha value is -0.180. The first-order chi connectivity index (χ1) is 3.00. The van der Waals surface area contributed by atoms with Gasteiger partial charge in [0.2, 0.25) is 0 Å². The molecule has 0 N–H and O–H groups in total. The number of hydrogen-bond donors (Lipinski definition) is 0. The Bertz CT molecular complexity index is 81.6. The van der Waals surface area contributed by atoms with Gasteiger partial charge in [-0.15, -0.1) is 6.07 Å². The van der Waals surface area contributed by atoms with Crippen molar-refractivity contribution in [3.8, 4) is 0 Å². The summed E-state index contributed by atoms with van der Waals surface area (Å²) < 4.78 is 0. The second-order valence-electron chi connectivity index (χ2n) is 0.849. The summed E-state index contributed by atoms with van der Waals surface area (Å²) in [6.07, 6.45) is 5.66. The number of aromatic nitrogens is 2. The van der Waals surface area contributed by atoms with Crippen molar-refractivity contribution in [2.75, 3.05) is 0 Å². The molecule has 0 saturated heterocycles. The molecule has 1 rings (SSSR count). The van der Waals surface area contributed by atoms with Crippen LogP contribution in [0.1, 0.15) is 0 Å². The Morgan fingerprint density at radius 2 is 1.71 bits per heavy atom. The quantitative estimate of drug-likeness (QED) is 0.430. The maximum atomic E-state index is 3.55. The van der Waals surface area contributed by atoms with E-state index >= 15 is 0 Å². The molecule has 1 heterocycles. The van der Waals surface area contributed by atoms with Gasteiger partial charge in [0, 0.05) is 6.33 Å². The molecule has 0 aliphatic carbocycles. The predicted octanol–water partition coefficient (Wildman–Crippen LogP) is 0.274. The van der Waals surface area contributed by atoms with E-state index in [1.165, 1.54) is 0 Å². The van der Waals surface area contributed by atoms with Crippen molar-refractivity contribution in [3.63, 3.8) is 0 Å². The minimum absolute atomic E-state index is 0. The van der Waals surface area contributed by atoms with E-state index < -0.39 is 0 Å². The molecule has 0 aromatic carbocycles. The molecule has 0 aliphatic heterocycles. The Kier molecular flexibility index (Phi) is 3.89. The summed E-state index contributed by atoms with van der Waals surface area (Å²) in [4.78, 5) is 7.10. The van der Waals surface area contributed by atoms with Gasteiger partial charge in [-0.1, -0.05) is 12.4 Å². The predicted molar refractivity (Wildman–Crippen MR) is 20.9 cm³/mol. The van der Waals surface area contributed by atoms with E-state index in [1.807, 2.05) is 0 Å². The van der Waals surface area contributed by atoms with E-state index in [9.17, 15) is 0 Å². The second kappa shape index (κ2) is 3.99. The first kappa shape index (κ1) is 6.82.